The predicted molar refractivity (Wildman–Crippen MR) is 116 cm³/mol. The number of aromatic amines is 1. The van der Waals surface area contributed by atoms with Crippen molar-refractivity contribution in [3.05, 3.63) is 93.7 Å². The zero-order valence-corrected chi connectivity index (χ0v) is 17.2. The average Bonchev–Trinajstić information content (AvgIpc) is 2.66. The highest BCUT2D eigenvalue weighted by molar-refractivity contribution is 7.80. The van der Waals surface area contributed by atoms with E-state index < -0.39 is 0 Å². The molecule has 2 aromatic carbocycles. The van der Waals surface area contributed by atoms with Crippen LogP contribution in [0.4, 0.5) is 5.69 Å². The van der Waals surface area contributed by atoms with E-state index in [0.717, 1.165) is 27.4 Å². The quantitative estimate of drug-likeness (QED) is 0.555. The number of pyridine rings is 1. The minimum absolute atomic E-state index is 0.597. The van der Waals surface area contributed by atoms with E-state index in [1.807, 2.05) is 67.8 Å². The van der Waals surface area contributed by atoms with E-state index >= 15 is 0 Å². The maximum absolute atomic E-state index is 6.36. The Kier molecular flexibility index (Phi) is 6.67. The number of rotatable bonds is 5. The van der Waals surface area contributed by atoms with Crippen LogP contribution in [0, 0.1) is 6.92 Å². The van der Waals surface area contributed by atoms with Crippen LogP contribution in [0.15, 0.2) is 67.0 Å². The summed E-state index contributed by atoms with van der Waals surface area (Å²) < 4.78 is 0. The highest BCUT2D eigenvalue weighted by Gasteiger charge is 2.14. The number of anilines is 1. The molecule has 0 spiro atoms. The van der Waals surface area contributed by atoms with Crippen LogP contribution in [-0.4, -0.2) is 10.0 Å². The Labute approximate surface area is 175 Å². The second-order valence-electron chi connectivity index (χ2n) is 6.25. The lowest BCUT2D eigenvalue weighted by Crippen LogP contribution is -2.34. The maximum Gasteiger partial charge on any atom is 0.174 e. The van der Waals surface area contributed by atoms with Crippen LogP contribution in [0.25, 0.3) is 0 Å². The van der Waals surface area contributed by atoms with Gasteiger partial charge in [-0.1, -0.05) is 47.5 Å². The van der Waals surface area contributed by atoms with Gasteiger partial charge in [-0.05, 0) is 54.5 Å². The molecule has 0 atom stereocenters. The molecular formula is C21H20Cl2N3S+. The molecule has 0 aliphatic heterocycles. The summed E-state index contributed by atoms with van der Waals surface area (Å²) in [5.74, 6) is 0. The van der Waals surface area contributed by atoms with Gasteiger partial charge in [-0.2, -0.15) is 0 Å². The van der Waals surface area contributed by atoms with Crippen molar-refractivity contribution >= 4 is 46.2 Å². The summed E-state index contributed by atoms with van der Waals surface area (Å²) in [6.07, 6.45) is 3.84. The lowest BCUT2D eigenvalue weighted by molar-refractivity contribution is -0.378. The maximum atomic E-state index is 6.36. The molecule has 6 heteroatoms. The van der Waals surface area contributed by atoms with E-state index in [1.165, 1.54) is 0 Å². The Bertz CT molecular complexity index is 932. The Balaban J connectivity index is 1.82. The lowest BCUT2D eigenvalue weighted by Gasteiger charge is -2.26. The molecule has 3 aromatic rings. The molecule has 0 amide bonds. The molecule has 27 heavy (non-hydrogen) atoms. The molecule has 0 bridgehead atoms. The van der Waals surface area contributed by atoms with Crippen molar-refractivity contribution in [3.63, 3.8) is 0 Å². The lowest BCUT2D eigenvalue weighted by atomic mass is 10.2. The molecule has 0 saturated carbocycles. The molecule has 3 nitrogen and oxygen atoms in total. The largest absolute Gasteiger partial charge is 0.340 e. The normalized spacial score (nSPS) is 10.5. The molecule has 0 fully saturated rings. The van der Waals surface area contributed by atoms with Gasteiger partial charge in [0.2, 0.25) is 0 Å². The van der Waals surface area contributed by atoms with Crippen molar-refractivity contribution in [2.75, 3.05) is 5.32 Å². The number of H-pyrrole nitrogens is 1. The number of hydrogen-bond donors (Lipinski definition) is 1. The van der Waals surface area contributed by atoms with Gasteiger partial charge in [0.1, 0.15) is 0 Å². The molecule has 1 aromatic heterocycles. The number of nitrogens with one attached hydrogen (secondary N) is 2. The van der Waals surface area contributed by atoms with Crippen molar-refractivity contribution in [1.29, 1.82) is 0 Å². The molecule has 0 aliphatic rings. The van der Waals surface area contributed by atoms with Gasteiger partial charge in [-0.15, -0.1) is 0 Å². The van der Waals surface area contributed by atoms with Crippen LogP contribution < -0.4 is 10.3 Å². The van der Waals surface area contributed by atoms with E-state index in [1.54, 1.807) is 0 Å². The van der Waals surface area contributed by atoms with Crippen molar-refractivity contribution < 1.29 is 4.98 Å². The van der Waals surface area contributed by atoms with Crippen molar-refractivity contribution in [1.82, 2.24) is 4.90 Å². The Morgan fingerprint density at radius 3 is 2.56 bits per heavy atom. The van der Waals surface area contributed by atoms with Gasteiger partial charge < -0.3 is 10.2 Å². The molecular weight excluding hydrogens is 397 g/mol. The Hall–Kier alpha value is -2.14. The van der Waals surface area contributed by atoms with Crippen molar-refractivity contribution in [3.8, 4) is 0 Å². The molecule has 2 N–H and O–H groups in total. The van der Waals surface area contributed by atoms with E-state index in [0.29, 0.717) is 23.2 Å². The van der Waals surface area contributed by atoms with Crippen LogP contribution >= 0.6 is 35.4 Å². The van der Waals surface area contributed by atoms with Gasteiger partial charge >= 0.3 is 0 Å². The highest BCUT2D eigenvalue weighted by atomic mass is 35.5. The fraction of sp³-hybridized carbons (Fsp3) is 0.143. The zero-order valence-electron chi connectivity index (χ0n) is 14.9. The molecule has 0 aliphatic carbocycles. The third-order valence-corrected chi connectivity index (χ3v) is 5.31. The third-order valence-electron chi connectivity index (χ3n) is 4.17. The fourth-order valence-electron chi connectivity index (χ4n) is 2.65. The van der Waals surface area contributed by atoms with E-state index in [4.69, 9.17) is 35.4 Å². The van der Waals surface area contributed by atoms with Crippen LogP contribution in [0.1, 0.15) is 16.7 Å². The minimum atomic E-state index is 0.597. The van der Waals surface area contributed by atoms with E-state index in [2.05, 4.69) is 21.3 Å². The first kappa shape index (κ1) is 19.6. The van der Waals surface area contributed by atoms with Crippen molar-refractivity contribution in [2.24, 2.45) is 0 Å². The number of halogens is 2. The van der Waals surface area contributed by atoms with Gasteiger partial charge in [-0.3, -0.25) is 0 Å². The summed E-state index contributed by atoms with van der Waals surface area (Å²) in [4.78, 5) is 5.19. The van der Waals surface area contributed by atoms with Crippen LogP contribution in [0.3, 0.4) is 0 Å². The minimum Gasteiger partial charge on any atom is -0.340 e. The van der Waals surface area contributed by atoms with Crippen molar-refractivity contribution in [2.45, 2.75) is 20.0 Å². The average molecular weight is 417 g/mol. The number of thiocarbonyl (C=S) groups is 1. The van der Waals surface area contributed by atoms with Gasteiger partial charge in [0, 0.05) is 33.9 Å². The molecule has 0 saturated heterocycles. The molecule has 138 valence electrons. The highest BCUT2D eigenvalue weighted by Crippen LogP contribution is 2.22. The van der Waals surface area contributed by atoms with Gasteiger partial charge in [0.15, 0.2) is 17.5 Å². The monoisotopic (exact) mass is 416 g/mol. The summed E-state index contributed by atoms with van der Waals surface area (Å²) in [6, 6.07) is 17.7. The Morgan fingerprint density at radius 2 is 1.85 bits per heavy atom. The van der Waals surface area contributed by atoms with Crippen LogP contribution in [0.2, 0.25) is 10.0 Å². The first-order chi connectivity index (χ1) is 13.0. The van der Waals surface area contributed by atoms with Crippen LogP contribution in [0.5, 0.6) is 0 Å². The molecule has 3 rings (SSSR count). The predicted octanol–water partition coefficient (Wildman–Crippen LogP) is 5.52. The SMILES string of the molecule is Cc1ccc(NC(=S)N(Cc2ccc[nH+]c2)Cc2ccccc2Cl)cc1Cl. The molecule has 0 radical (unpaired) electrons. The summed E-state index contributed by atoms with van der Waals surface area (Å²) in [5, 5.41) is 5.33. The first-order valence-electron chi connectivity index (χ1n) is 8.53. The van der Waals surface area contributed by atoms with E-state index in [-0.39, 0.29) is 0 Å². The van der Waals surface area contributed by atoms with Gasteiger partial charge in [0.25, 0.3) is 0 Å². The van der Waals surface area contributed by atoms with Crippen LogP contribution in [-0.2, 0) is 13.1 Å². The molecule has 0 unspecified atom stereocenters. The number of aryl methyl sites for hydroxylation is 1. The van der Waals surface area contributed by atoms with Gasteiger partial charge in [-0.25, -0.2) is 4.98 Å². The fourth-order valence-corrected chi connectivity index (χ4v) is 3.28. The zero-order chi connectivity index (χ0) is 19.2. The topological polar surface area (TPSA) is 29.4 Å². The number of benzene rings is 2. The summed E-state index contributed by atoms with van der Waals surface area (Å²) in [5.41, 5.74) is 4.03. The van der Waals surface area contributed by atoms with E-state index in [9.17, 15) is 0 Å². The summed E-state index contributed by atoms with van der Waals surface area (Å²) in [6.45, 7) is 3.22. The smallest absolute Gasteiger partial charge is 0.174 e. The molecule has 1 heterocycles. The third kappa shape index (κ3) is 5.42. The second kappa shape index (κ2) is 9.18. The number of hydrogen-bond acceptors (Lipinski definition) is 1. The summed E-state index contributed by atoms with van der Waals surface area (Å²) in [7, 11) is 0. The number of nitrogens with zero attached hydrogens (tertiary/aromatic N) is 1. The van der Waals surface area contributed by atoms with Gasteiger partial charge in [0.05, 0.1) is 6.54 Å². The number of aromatic nitrogens is 1. The first-order valence-corrected chi connectivity index (χ1v) is 9.70. The Morgan fingerprint density at radius 1 is 1.04 bits per heavy atom. The summed E-state index contributed by atoms with van der Waals surface area (Å²) >= 11 is 18.3. The second-order valence-corrected chi connectivity index (χ2v) is 7.45. The standard InChI is InChI=1S/C21H19Cl2N3S/c1-15-8-9-18(11-20(15)23)25-21(27)26(13-16-5-4-10-24-12-16)14-17-6-2-3-7-19(17)22/h2-12H,13-14H2,1H3,(H,25,27)/p+1.